The predicted molar refractivity (Wildman–Crippen MR) is 49.6 cm³/mol. The van der Waals surface area contributed by atoms with E-state index in [-0.39, 0.29) is 6.10 Å². The van der Waals surface area contributed by atoms with Gasteiger partial charge in [-0.15, -0.1) is 0 Å². The molecule has 0 aliphatic rings. The van der Waals surface area contributed by atoms with Crippen molar-refractivity contribution in [2.45, 2.75) is 52.1 Å². The Kier molecular flexibility index (Phi) is 7.59. The molecule has 11 heavy (non-hydrogen) atoms. The van der Waals surface area contributed by atoms with Gasteiger partial charge in [-0.3, -0.25) is 0 Å². The van der Waals surface area contributed by atoms with Crippen LogP contribution < -0.4 is 0 Å². The Morgan fingerprint density at radius 2 is 2.00 bits per heavy atom. The maximum absolute atomic E-state index is 9.19. The molecule has 1 heteroatoms. The highest BCUT2D eigenvalue weighted by atomic mass is 16.3. The lowest BCUT2D eigenvalue weighted by Crippen LogP contribution is -2.02. The molecule has 0 fully saturated rings. The molecule has 0 amide bonds. The van der Waals surface area contributed by atoms with E-state index < -0.39 is 0 Å². The predicted octanol–water partition coefficient (Wildman–Crippen LogP) is 2.89. The first-order valence-corrected chi connectivity index (χ1v) is 4.64. The van der Waals surface area contributed by atoms with Gasteiger partial charge < -0.3 is 5.11 Å². The first-order valence-electron chi connectivity index (χ1n) is 4.64. The van der Waals surface area contributed by atoms with Crippen LogP contribution in [0.4, 0.5) is 0 Å². The van der Waals surface area contributed by atoms with E-state index in [1.165, 1.54) is 0 Å². The Hall–Kier alpha value is -0.300. The lowest BCUT2D eigenvalue weighted by molar-refractivity contribution is 0.158. The molecule has 1 unspecified atom stereocenters. The van der Waals surface area contributed by atoms with Crippen molar-refractivity contribution in [2.75, 3.05) is 0 Å². The van der Waals surface area contributed by atoms with Crippen molar-refractivity contribution >= 4 is 0 Å². The van der Waals surface area contributed by atoms with Crippen molar-refractivity contribution in [1.29, 1.82) is 0 Å². The first kappa shape index (κ1) is 10.7. The lowest BCUT2D eigenvalue weighted by atomic mass is 10.1. The van der Waals surface area contributed by atoms with Gasteiger partial charge in [0.2, 0.25) is 0 Å². The molecule has 0 aromatic heterocycles. The smallest absolute Gasteiger partial charge is 0.0537 e. The zero-order valence-electron chi connectivity index (χ0n) is 7.71. The van der Waals surface area contributed by atoms with Crippen LogP contribution in [-0.2, 0) is 0 Å². The summed E-state index contributed by atoms with van der Waals surface area (Å²) < 4.78 is 0. The van der Waals surface area contributed by atoms with Crippen molar-refractivity contribution in [3.63, 3.8) is 0 Å². The van der Waals surface area contributed by atoms with Gasteiger partial charge in [-0.25, -0.2) is 0 Å². The third-order valence-corrected chi connectivity index (χ3v) is 1.78. The Balaban J connectivity index is 3.07. The van der Waals surface area contributed by atoms with Crippen LogP contribution in [-0.4, -0.2) is 11.2 Å². The molecule has 0 radical (unpaired) electrons. The number of rotatable bonds is 6. The third-order valence-electron chi connectivity index (χ3n) is 1.78. The van der Waals surface area contributed by atoms with Gasteiger partial charge in [0, 0.05) is 0 Å². The van der Waals surface area contributed by atoms with E-state index in [0.29, 0.717) is 0 Å². The summed E-state index contributed by atoms with van der Waals surface area (Å²) in [5, 5.41) is 9.19. The van der Waals surface area contributed by atoms with E-state index in [0.717, 1.165) is 32.1 Å². The van der Waals surface area contributed by atoms with Gasteiger partial charge in [0.1, 0.15) is 0 Å². The third kappa shape index (κ3) is 7.60. The monoisotopic (exact) mass is 156 g/mol. The molecular weight excluding hydrogens is 136 g/mol. The summed E-state index contributed by atoms with van der Waals surface area (Å²) in [6.45, 7) is 4.16. The summed E-state index contributed by atoms with van der Waals surface area (Å²) in [4.78, 5) is 0. The summed E-state index contributed by atoms with van der Waals surface area (Å²) in [7, 11) is 0. The van der Waals surface area contributed by atoms with Gasteiger partial charge in [-0.1, -0.05) is 26.0 Å². The molecule has 0 aliphatic carbocycles. The van der Waals surface area contributed by atoms with E-state index in [4.69, 9.17) is 0 Å². The van der Waals surface area contributed by atoms with E-state index in [9.17, 15) is 5.11 Å². The van der Waals surface area contributed by atoms with Crippen molar-refractivity contribution < 1.29 is 5.11 Å². The highest BCUT2D eigenvalue weighted by molar-refractivity contribution is 4.79. The largest absolute Gasteiger partial charge is 0.393 e. The van der Waals surface area contributed by atoms with Gasteiger partial charge in [0.25, 0.3) is 0 Å². The van der Waals surface area contributed by atoms with Crippen LogP contribution in [0.5, 0.6) is 0 Å². The highest BCUT2D eigenvalue weighted by Crippen LogP contribution is 2.04. The van der Waals surface area contributed by atoms with Crippen LogP contribution in [0.2, 0.25) is 0 Å². The fourth-order valence-corrected chi connectivity index (χ4v) is 0.960. The second-order valence-electron chi connectivity index (χ2n) is 2.87. The number of unbranched alkanes of at least 4 members (excludes halogenated alkanes) is 1. The van der Waals surface area contributed by atoms with Crippen LogP contribution in [0.25, 0.3) is 0 Å². The zero-order valence-corrected chi connectivity index (χ0v) is 7.71. The Morgan fingerprint density at radius 1 is 1.27 bits per heavy atom. The zero-order chi connectivity index (χ0) is 8.53. The molecule has 0 bridgehead atoms. The van der Waals surface area contributed by atoms with Crippen molar-refractivity contribution in [3.05, 3.63) is 12.2 Å². The summed E-state index contributed by atoms with van der Waals surface area (Å²) in [5.41, 5.74) is 0. The highest BCUT2D eigenvalue weighted by Gasteiger charge is 1.97. The molecule has 0 rings (SSSR count). The van der Waals surface area contributed by atoms with Gasteiger partial charge in [0.15, 0.2) is 0 Å². The van der Waals surface area contributed by atoms with Crippen molar-refractivity contribution in [3.8, 4) is 0 Å². The Morgan fingerprint density at radius 3 is 2.55 bits per heavy atom. The van der Waals surface area contributed by atoms with E-state index in [1.54, 1.807) is 0 Å². The minimum absolute atomic E-state index is 0.0787. The summed E-state index contributed by atoms with van der Waals surface area (Å²) in [6, 6.07) is 0. The van der Waals surface area contributed by atoms with Crippen LogP contribution in [0.15, 0.2) is 12.2 Å². The maximum atomic E-state index is 9.19. The Labute approximate surface area is 70.1 Å². The average molecular weight is 156 g/mol. The fourth-order valence-electron chi connectivity index (χ4n) is 0.960. The molecule has 0 heterocycles. The topological polar surface area (TPSA) is 20.2 Å². The SMILES string of the molecule is CC/C=C\CCCC(O)CC. The molecule has 0 saturated carbocycles. The van der Waals surface area contributed by atoms with Crippen LogP contribution in [0, 0.1) is 0 Å². The second-order valence-corrected chi connectivity index (χ2v) is 2.87. The van der Waals surface area contributed by atoms with Crippen LogP contribution >= 0.6 is 0 Å². The molecule has 0 spiro atoms. The molecule has 0 aromatic rings. The quantitative estimate of drug-likeness (QED) is 0.463. The molecule has 0 aromatic carbocycles. The molecule has 66 valence electrons. The number of aliphatic hydroxyl groups is 1. The minimum atomic E-state index is -0.0787. The molecular formula is C10H20O. The second kappa shape index (κ2) is 7.80. The number of hydrogen-bond acceptors (Lipinski definition) is 1. The summed E-state index contributed by atoms with van der Waals surface area (Å²) in [6.07, 6.45) is 9.49. The molecule has 1 N–H and O–H groups in total. The molecule has 1 atom stereocenters. The standard InChI is InChI=1S/C10H20O/c1-3-5-6-7-8-9-10(11)4-2/h5-6,10-11H,3-4,7-9H2,1-2H3/b6-5-. The van der Waals surface area contributed by atoms with Crippen molar-refractivity contribution in [2.24, 2.45) is 0 Å². The molecule has 0 aliphatic heterocycles. The Bertz CT molecular complexity index is 97.0. The van der Waals surface area contributed by atoms with Gasteiger partial charge >= 0.3 is 0 Å². The summed E-state index contributed by atoms with van der Waals surface area (Å²) >= 11 is 0. The summed E-state index contributed by atoms with van der Waals surface area (Å²) in [5.74, 6) is 0. The molecule has 1 nitrogen and oxygen atoms in total. The van der Waals surface area contributed by atoms with Crippen LogP contribution in [0.1, 0.15) is 46.0 Å². The lowest BCUT2D eigenvalue weighted by Gasteiger charge is -2.04. The number of hydrogen-bond donors (Lipinski definition) is 1. The van der Waals surface area contributed by atoms with Gasteiger partial charge in [-0.05, 0) is 32.1 Å². The van der Waals surface area contributed by atoms with Gasteiger partial charge in [0.05, 0.1) is 6.10 Å². The number of allylic oxidation sites excluding steroid dienone is 2. The first-order chi connectivity index (χ1) is 5.31. The maximum Gasteiger partial charge on any atom is 0.0537 e. The fraction of sp³-hybridized carbons (Fsp3) is 0.800. The minimum Gasteiger partial charge on any atom is -0.393 e. The van der Waals surface area contributed by atoms with Crippen LogP contribution in [0.3, 0.4) is 0 Å². The van der Waals surface area contributed by atoms with E-state index in [2.05, 4.69) is 19.1 Å². The van der Waals surface area contributed by atoms with E-state index >= 15 is 0 Å². The number of aliphatic hydroxyl groups excluding tert-OH is 1. The van der Waals surface area contributed by atoms with E-state index in [1.807, 2.05) is 6.92 Å². The normalized spacial score (nSPS) is 14.1. The van der Waals surface area contributed by atoms with Gasteiger partial charge in [-0.2, -0.15) is 0 Å². The van der Waals surface area contributed by atoms with Crippen molar-refractivity contribution in [1.82, 2.24) is 0 Å². The molecule has 0 saturated heterocycles. The average Bonchev–Trinajstić information content (AvgIpc) is 2.04.